The van der Waals surface area contributed by atoms with Gasteiger partial charge in [0.25, 0.3) is 0 Å². The van der Waals surface area contributed by atoms with Crippen molar-refractivity contribution in [1.82, 2.24) is 25.6 Å². The van der Waals surface area contributed by atoms with Crippen LogP contribution in [0.3, 0.4) is 0 Å². The third kappa shape index (κ3) is 12.7. The molecule has 0 aliphatic rings. The van der Waals surface area contributed by atoms with Crippen LogP contribution in [0.4, 0.5) is 19.0 Å². The molecule has 0 aliphatic carbocycles. The van der Waals surface area contributed by atoms with Gasteiger partial charge in [0.05, 0.1) is 18.8 Å². The van der Waals surface area contributed by atoms with Crippen molar-refractivity contribution in [2.24, 2.45) is 0 Å². The van der Waals surface area contributed by atoms with Gasteiger partial charge in [0, 0.05) is 37.5 Å². The van der Waals surface area contributed by atoms with Crippen LogP contribution in [0.5, 0.6) is 0 Å². The second-order valence-electron chi connectivity index (χ2n) is 10.1. The van der Waals surface area contributed by atoms with Gasteiger partial charge >= 0.3 is 18.1 Å². The number of carbonyl (C=O) groups excluding carboxylic acids is 2. The van der Waals surface area contributed by atoms with Crippen molar-refractivity contribution in [3.63, 3.8) is 0 Å². The van der Waals surface area contributed by atoms with E-state index in [9.17, 15) is 32.7 Å². The number of carboxylic acid groups (broad SMARTS) is 2. The molecule has 0 spiro atoms. The number of benzene rings is 2. The van der Waals surface area contributed by atoms with Gasteiger partial charge in [-0.25, -0.2) is 14.8 Å². The molecule has 248 valence electrons. The summed E-state index contributed by atoms with van der Waals surface area (Å²) >= 11 is 0. The summed E-state index contributed by atoms with van der Waals surface area (Å²) in [7, 11) is 0. The predicted molar refractivity (Wildman–Crippen MR) is 165 cm³/mol. The number of carbonyl (C=O) groups is 4. The Kier molecular flexibility index (Phi) is 13.4. The minimum absolute atomic E-state index is 0.177. The number of amides is 2. The van der Waals surface area contributed by atoms with Crippen molar-refractivity contribution < 1.29 is 42.6 Å². The van der Waals surface area contributed by atoms with Crippen molar-refractivity contribution in [3.05, 3.63) is 103 Å². The fourth-order valence-corrected chi connectivity index (χ4v) is 4.26. The Balaban J connectivity index is 0.000000771. The van der Waals surface area contributed by atoms with E-state index in [0.29, 0.717) is 24.2 Å². The lowest BCUT2D eigenvalue weighted by molar-refractivity contribution is -0.192. The summed E-state index contributed by atoms with van der Waals surface area (Å²) in [4.78, 5) is 57.8. The first-order chi connectivity index (χ1) is 22.4. The van der Waals surface area contributed by atoms with Crippen molar-refractivity contribution in [1.29, 1.82) is 0 Å². The molecule has 47 heavy (non-hydrogen) atoms. The molecule has 0 fully saturated rings. The van der Waals surface area contributed by atoms with E-state index in [1.165, 1.54) is 6.33 Å². The van der Waals surface area contributed by atoms with Gasteiger partial charge in [0.15, 0.2) is 0 Å². The lowest BCUT2D eigenvalue weighted by atomic mass is 9.98. The highest BCUT2D eigenvalue weighted by molar-refractivity contribution is 5.88. The van der Waals surface area contributed by atoms with Crippen LogP contribution in [0, 0.1) is 0 Å². The highest BCUT2D eigenvalue weighted by Gasteiger charge is 2.38. The number of hydrogen-bond donors (Lipinski definition) is 6. The fraction of sp³-hybridized carbons (Fsp3) is 0.250. The van der Waals surface area contributed by atoms with E-state index >= 15 is 0 Å². The Morgan fingerprint density at radius 2 is 1.53 bits per heavy atom. The van der Waals surface area contributed by atoms with Crippen LogP contribution in [-0.4, -0.2) is 67.7 Å². The summed E-state index contributed by atoms with van der Waals surface area (Å²) in [6, 6.07) is 21.1. The van der Waals surface area contributed by atoms with Gasteiger partial charge in [-0.2, -0.15) is 13.2 Å². The van der Waals surface area contributed by atoms with Crippen molar-refractivity contribution in [3.8, 4) is 11.1 Å². The number of rotatable bonds is 14. The molecule has 0 saturated heterocycles. The van der Waals surface area contributed by atoms with Crippen LogP contribution in [0.2, 0.25) is 0 Å². The summed E-state index contributed by atoms with van der Waals surface area (Å²) in [6.07, 6.45) is 0.291. The van der Waals surface area contributed by atoms with E-state index in [-0.39, 0.29) is 25.2 Å². The number of aliphatic carboxylic acids is 2. The van der Waals surface area contributed by atoms with Crippen LogP contribution >= 0.6 is 0 Å². The van der Waals surface area contributed by atoms with Crippen LogP contribution in [-0.2, 0) is 25.6 Å². The highest BCUT2D eigenvalue weighted by Crippen LogP contribution is 2.24. The monoisotopic (exact) mass is 654 g/mol. The smallest absolute Gasteiger partial charge is 0.481 e. The van der Waals surface area contributed by atoms with Crippen molar-refractivity contribution >= 4 is 29.6 Å². The van der Waals surface area contributed by atoms with Gasteiger partial charge in [0.1, 0.15) is 11.9 Å². The molecule has 2 aromatic heterocycles. The van der Waals surface area contributed by atoms with Crippen LogP contribution in [0.25, 0.3) is 11.1 Å². The van der Waals surface area contributed by atoms with E-state index in [1.807, 2.05) is 72.8 Å². The van der Waals surface area contributed by atoms with Gasteiger partial charge < -0.3 is 31.1 Å². The van der Waals surface area contributed by atoms with Gasteiger partial charge in [0.2, 0.25) is 11.8 Å². The number of aromatic nitrogens is 3. The summed E-state index contributed by atoms with van der Waals surface area (Å²) < 4.78 is 31.7. The first kappa shape index (κ1) is 35.7. The predicted octanol–water partition coefficient (Wildman–Crippen LogP) is 4.36. The zero-order valence-electron chi connectivity index (χ0n) is 24.9. The lowest BCUT2D eigenvalue weighted by Gasteiger charge is -2.23. The number of nitrogens with zero attached hydrogens (tertiary/aromatic N) is 2. The Labute approximate surface area is 267 Å². The second-order valence-corrected chi connectivity index (χ2v) is 10.1. The molecule has 4 aromatic rings. The van der Waals surface area contributed by atoms with Crippen molar-refractivity contribution in [2.45, 2.75) is 43.9 Å². The number of carboxylic acids is 2. The molecule has 0 radical (unpaired) electrons. The van der Waals surface area contributed by atoms with Crippen LogP contribution in [0.1, 0.15) is 36.6 Å². The minimum Gasteiger partial charge on any atom is -0.481 e. The lowest BCUT2D eigenvalue weighted by Crippen LogP contribution is -2.49. The topological polar surface area (TPSA) is 186 Å². The zero-order valence-corrected chi connectivity index (χ0v) is 24.9. The second kappa shape index (κ2) is 17.7. The molecule has 0 aliphatic heterocycles. The normalized spacial score (nSPS) is 12.1. The molecular formula is C32H33F3N6O6. The van der Waals surface area contributed by atoms with Gasteiger partial charge in [-0.05, 0) is 35.2 Å². The first-order valence-electron chi connectivity index (χ1n) is 14.3. The number of hydrogen-bond acceptors (Lipinski definition) is 7. The van der Waals surface area contributed by atoms with Crippen LogP contribution < -0.4 is 16.0 Å². The zero-order chi connectivity index (χ0) is 34.2. The summed E-state index contributed by atoms with van der Waals surface area (Å²) in [5, 5.41) is 25.5. The number of aromatic amines is 1. The largest absolute Gasteiger partial charge is 0.490 e. The summed E-state index contributed by atoms with van der Waals surface area (Å²) in [5.74, 6) is -3.85. The molecule has 0 saturated carbocycles. The Bertz CT molecular complexity index is 1570. The van der Waals surface area contributed by atoms with E-state index in [2.05, 4.69) is 30.9 Å². The average molecular weight is 655 g/mol. The Morgan fingerprint density at radius 3 is 2.11 bits per heavy atom. The fourth-order valence-electron chi connectivity index (χ4n) is 4.26. The molecule has 2 aromatic carbocycles. The summed E-state index contributed by atoms with van der Waals surface area (Å²) in [6.45, 7) is 0.543. The SMILES string of the molecule is O=C(O)C(F)(F)F.O=C(O)CC(NC(=O)[C@@H](Cc1cnc[nH]1)NC(=O)CCCNc1ccccn1)c1ccc(-c2ccccc2)cc1. The molecule has 12 nitrogen and oxygen atoms in total. The first-order valence-corrected chi connectivity index (χ1v) is 14.3. The molecule has 4 rings (SSSR count). The quantitative estimate of drug-likeness (QED) is 0.108. The molecule has 6 N–H and O–H groups in total. The minimum atomic E-state index is -5.08. The molecule has 2 atom stereocenters. The van der Waals surface area contributed by atoms with Gasteiger partial charge in [-0.3, -0.25) is 14.4 Å². The third-order valence-corrected chi connectivity index (χ3v) is 6.54. The average Bonchev–Trinajstić information content (AvgIpc) is 3.56. The van der Waals surface area contributed by atoms with E-state index in [1.54, 1.807) is 12.4 Å². The highest BCUT2D eigenvalue weighted by atomic mass is 19.4. The number of anilines is 1. The van der Waals surface area contributed by atoms with E-state index < -0.39 is 36.1 Å². The van der Waals surface area contributed by atoms with Crippen molar-refractivity contribution in [2.75, 3.05) is 11.9 Å². The maximum absolute atomic E-state index is 13.4. The molecule has 1 unspecified atom stereocenters. The number of nitrogens with one attached hydrogen (secondary N) is 4. The van der Waals surface area contributed by atoms with Gasteiger partial charge in [-0.15, -0.1) is 0 Å². The maximum atomic E-state index is 13.4. The summed E-state index contributed by atoms with van der Waals surface area (Å²) in [5.41, 5.74) is 3.33. The Hall–Kier alpha value is -5.73. The molecule has 2 heterocycles. The number of imidazole rings is 1. The maximum Gasteiger partial charge on any atom is 0.490 e. The number of alkyl halides is 3. The molecular weight excluding hydrogens is 621 g/mol. The number of pyridine rings is 1. The van der Waals surface area contributed by atoms with E-state index in [4.69, 9.17) is 9.90 Å². The van der Waals surface area contributed by atoms with Crippen LogP contribution in [0.15, 0.2) is 91.5 Å². The number of halogens is 3. The third-order valence-electron chi connectivity index (χ3n) is 6.54. The molecule has 15 heteroatoms. The van der Waals surface area contributed by atoms with Gasteiger partial charge in [-0.1, -0.05) is 60.7 Å². The van der Waals surface area contributed by atoms with E-state index in [0.717, 1.165) is 16.9 Å². The molecule has 0 bridgehead atoms. The number of H-pyrrole nitrogens is 1. The Morgan fingerprint density at radius 1 is 0.872 bits per heavy atom. The standard InChI is InChI=1S/C30H32N6O4.C2HF3O2/c37-28(10-6-16-33-27-9-4-5-15-32-27)35-26(17-24-19-31-20-34-24)30(40)36-25(18-29(38)39)23-13-11-22(12-14-23)21-7-2-1-3-8-21;3-2(4,5)1(6)7/h1-5,7-9,11-15,19-20,25-26H,6,10,16-18H2,(H,31,34)(H,32,33)(H,35,37)(H,36,40)(H,38,39);(H,6,7)/t25?,26-;/m1./s1. The molecule has 2 amide bonds.